The Balaban J connectivity index is 2.32. The highest BCUT2D eigenvalue weighted by Crippen LogP contribution is 2.39. The average molecular weight is 305 g/mol. The number of ether oxygens (including phenoxy) is 2. The number of hydrogen-bond donors (Lipinski definition) is 0. The van der Waals surface area contributed by atoms with E-state index in [0.717, 1.165) is 11.3 Å². The molecule has 1 amide bonds. The molecule has 0 aliphatic carbocycles. The number of hydrogen-bond acceptors (Lipinski definition) is 4. The van der Waals surface area contributed by atoms with Crippen molar-refractivity contribution in [3.63, 3.8) is 0 Å². The van der Waals surface area contributed by atoms with E-state index in [0.29, 0.717) is 13.0 Å². The van der Waals surface area contributed by atoms with E-state index in [9.17, 15) is 9.59 Å². The number of carbonyl (C=O) groups excluding carboxylic acids is 2. The van der Waals surface area contributed by atoms with E-state index >= 15 is 0 Å². The van der Waals surface area contributed by atoms with Gasteiger partial charge in [0.05, 0.1) is 25.3 Å². The summed E-state index contributed by atoms with van der Waals surface area (Å²) in [4.78, 5) is 26.1. The van der Waals surface area contributed by atoms with Gasteiger partial charge in [0.25, 0.3) is 0 Å². The SMILES string of the molecule is COC(=O)C1CC(C)N(C(=O)OCC(C)C)c2ccccc21. The first-order valence-electron chi connectivity index (χ1n) is 7.58. The maximum Gasteiger partial charge on any atom is 0.414 e. The lowest BCUT2D eigenvalue weighted by Gasteiger charge is -2.37. The van der Waals surface area contributed by atoms with Crippen LogP contribution in [-0.2, 0) is 14.3 Å². The van der Waals surface area contributed by atoms with Crippen molar-refractivity contribution in [2.45, 2.75) is 39.2 Å². The van der Waals surface area contributed by atoms with Gasteiger partial charge in [-0.3, -0.25) is 9.69 Å². The monoisotopic (exact) mass is 305 g/mol. The van der Waals surface area contributed by atoms with Gasteiger partial charge in [0.2, 0.25) is 0 Å². The molecule has 1 aromatic carbocycles. The molecule has 22 heavy (non-hydrogen) atoms. The van der Waals surface area contributed by atoms with E-state index in [1.807, 2.05) is 45.0 Å². The van der Waals surface area contributed by atoms with Crippen LogP contribution in [0.5, 0.6) is 0 Å². The number of carbonyl (C=O) groups is 2. The van der Waals surface area contributed by atoms with Crippen molar-refractivity contribution in [1.29, 1.82) is 0 Å². The van der Waals surface area contributed by atoms with Gasteiger partial charge >= 0.3 is 12.1 Å². The highest BCUT2D eigenvalue weighted by Gasteiger charge is 2.38. The standard InChI is InChI=1S/C17H23NO4/c1-11(2)10-22-17(20)18-12(3)9-14(16(19)21-4)13-7-5-6-8-15(13)18/h5-8,11-12,14H,9-10H2,1-4H3. The van der Waals surface area contributed by atoms with E-state index in [1.165, 1.54) is 7.11 Å². The van der Waals surface area contributed by atoms with Crippen molar-refractivity contribution < 1.29 is 19.1 Å². The topological polar surface area (TPSA) is 55.8 Å². The number of fused-ring (bicyclic) bond motifs is 1. The van der Waals surface area contributed by atoms with Gasteiger partial charge < -0.3 is 9.47 Å². The van der Waals surface area contributed by atoms with Gasteiger partial charge in [0.1, 0.15) is 0 Å². The predicted molar refractivity (Wildman–Crippen MR) is 83.9 cm³/mol. The lowest BCUT2D eigenvalue weighted by atomic mass is 9.86. The van der Waals surface area contributed by atoms with Crippen LogP contribution in [0.15, 0.2) is 24.3 Å². The molecule has 0 spiro atoms. The Morgan fingerprint density at radius 2 is 2.00 bits per heavy atom. The van der Waals surface area contributed by atoms with Gasteiger partial charge in [-0.05, 0) is 30.9 Å². The maximum absolute atomic E-state index is 12.4. The molecule has 0 saturated carbocycles. The highest BCUT2D eigenvalue weighted by molar-refractivity contribution is 5.93. The molecule has 0 fully saturated rings. The highest BCUT2D eigenvalue weighted by atomic mass is 16.6. The molecular formula is C17H23NO4. The Bertz CT molecular complexity index is 555. The van der Waals surface area contributed by atoms with Crippen molar-refractivity contribution in [2.75, 3.05) is 18.6 Å². The van der Waals surface area contributed by atoms with Gasteiger partial charge in [0.15, 0.2) is 0 Å². The van der Waals surface area contributed by atoms with Crippen molar-refractivity contribution >= 4 is 17.7 Å². The first-order valence-corrected chi connectivity index (χ1v) is 7.58. The molecule has 0 radical (unpaired) electrons. The molecule has 2 rings (SSSR count). The molecule has 5 heteroatoms. The zero-order valence-corrected chi connectivity index (χ0v) is 13.5. The molecule has 1 aliphatic rings. The summed E-state index contributed by atoms with van der Waals surface area (Å²) in [6, 6.07) is 7.30. The molecule has 120 valence electrons. The van der Waals surface area contributed by atoms with Crippen LogP contribution in [0.25, 0.3) is 0 Å². The fraction of sp³-hybridized carbons (Fsp3) is 0.529. The number of methoxy groups -OCH3 is 1. The lowest BCUT2D eigenvalue weighted by Crippen LogP contribution is -2.45. The van der Waals surface area contributed by atoms with E-state index in [2.05, 4.69) is 0 Å². The maximum atomic E-state index is 12.4. The lowest BCUT2D eigenvalue weighted by molar-refractivity contribution is -0.142. The Morgan fingerprint density at radius 3 is 2.64 bits per heavy atom. The second-order valence-corrected chi connectivity index (χ2v) is 6.06. The molecule has 5 nitrogen and oxygen atoms in total. The van der Waals surface area contributed by atoms with Gasteiger partial charge in [-0.25, -0.2) is 4.79 Å². The molecule has 1 aromatic rings. The van der Waals surface area contributed by atoms with Crippen LogP contribution in [0.3, 0.4) is 0 Å². The first kappa shape index (κ1) is 16.3. The van der Waals surface area contributed by atoms with Crippen LogP contribution in [0.4, 0.5) is 10.5 Å². The minimum absolute atomic E-state index is 0.126. The molecule has 0 saturated heterocycles. The molecule has 0 bridgehead atoms. The fourth-order valence-corrected chi connectivity index (χ4v) is 2.76. The van der Waals surface area contributed by atoms with Crippen molar-refractivity contribution in [3.05, 3.63) is 29.8 Å². The zero-order chi connectivity index (χ0) is 16.3. The van der Waals surface area contributed by atoms with Crippen LogP contribution in [-0.4, -0.2) is 31.8 Å². The fourth-order valence-electron chi connectivity index (χ4n) is 2.76. The molecule has 2 atom stereocenters. The van der Waals surface area contributed by atoms with Gasteiger partial charge in [-0.15, -0.1) is 0 Å². The van der Waals surface area contributed by atoms with E-state index < -0.39 is 0 Å². The Hall–Kier alpha value is -2.04. The number of esters is 1. The number of rotatable bonds is 3. The van der Waals surface area contributed by atoms with Crippen LogP contribution >= 0.6 is 0 Å². The summed E-state index contributed by atoms with van der Waals surface area (Å²) in [5.41, 5.74) is 1.54. The third-order valence-corrected chi connectivity index (χ3v) is 3.81. The largest absolute Gasteiger partial charge is 0.469 e. The van der Waals surface area contributed by atoms with E-state index in [4.69, 9.17) is 9.47 Å². The number of nitrogens with zero attached hydrogens (tertiary/aromatic N) is 1. The normalized spacial score (nSPS) is 20.5. The molecule has 1 aliphatic heterocycles. The van der Waals surface area contributed by atoms with Gasteiger partial charge in [0, 0.05) is 6.04 Å². The minimum Gasteiger partial charge on any atom is -0.469 e. The first-order chi connectivity index (χ1) is 10.5. The third kappa shape index (κ3) is 3.24. The summed E-state index contributed by atoms with van der Waals surface area (Å²) < 4.78 is 10.3. The minimum atomic E-state index is -0.364. The second-order valence-electron chi connectivity index (χ2n) is 6.06. The quantitative estimate of drug-likeness (QED) is 0.804. The zero-order valence-electron chi connectivity index (χ0n) is 13.5. The molecule has 0 aromatic heterocycles. The summed E-state index contributed by atoms with van der Waals surface area (Å²) in [6.45, 7) is 6.29. The summed E-state index contributed by atoms with van der Waals surface area (Å²) in [6.07, 6.45) is 0.164. The van der Waals surface area contributed by atoms with Gasteiger partial charge in [-0.2, -0.15) is 0 Å². The van der Waals surface area contributed by atoms with E-state index in [-0.39, 0.29) is 29.9 Å². The van der Waals surface area contributed by atoms with Crippen LogP contribution < -0.4 is 4.90 Å². The number of anilines is 1. The van der Waals surface area contributed by atoms with Crippen LogP contribution in [0.2, 0.25) is 0 Å². The molecule has 2 unspecified atom stereocenters. The van der Waals surface area contributed by atoms with E-state index in [1.54, 1.807) is 4.90 Å². The smallest absolute Gasteiger partial charge is 0.414 e. The Kier molecular flexibility index (Phi) is 5.06. The van der Waals surface area contributed by atoms with Crippen molar-refractivity contribution in [3.8, 4) is 0 Å². The second kappa shape index (κ2) is 6.81. The van der Waals surface area contributed by atoms with Crippen molar-refractivity contribution in [1.82, 2.24) is 0 Å². The molecule has 1 heterocycles. The van der Waals surface area contributed by atoms with Crippen LogP contribution in [0.1, 0.15) is 38.7 Å². The average Bonchev–Trinajstić information content (AvgIpc) is 2.51. The Morgan fingerprint density at radius 1 is 1.32 bits per heavy atom. The van der Waals surface area contributed by atoms with Crippen LogP contribution in [0, 0.1) is 5.92 Å². The predicted octanol–water partition coefficient (Wildman–Crippen LogP) is 3.33. The summed E-state index contributed by atoms with van der Waals surface area (Å²) in [5.74, 6) is -0.332. The number of para-hydroxylation sites is 1. The third-order valence-electron chi connectivity index (χ3n) is 3.81. The summed E-state index contributed by atoms with van der Waals surface area (Å²) in [5, 5.41) is 0. The molecular weight excluding hydrogens is 282 g/mol. The number of benzene rings is 1. The summed E-state index contributed by atoms with van der Waals surface area (Å²) >= 11 is 0. The Labute approximate surface area is 131 Å². The van der Waals surface area contributed by atoms with Crippen molar-refractivity contribution in [2.24, 2.45) is 5.92 Å². The molecule has 0 N–H and O–H groups in total. The number of amides is 1. The van der Waals surface area contributed by atoms with Gasteiger partial charge in [-0.1, -0.05) is 32.0 Å². The summed E-state index contributed by atoms with van der Waals surface area (Å²) in [7, 11) is 1.39.